The summed E-state index contributed by atoms with van der Waals surface area (Å²) in [4.78, 5) is 4.52. The van der Waals surface area contributed by atoms with Crippen molar-refractivity contribution in [3.05, 3.63) is 35.4 Å². The molecule has 2 N–H and O–H groups in total. The van der Waals surface area contributed by atoms with Crippen LogP contribution in [0.1, 0.15) is 18.1 Å². The average molecular weight is 213 g/mol. The highest BCUT2D eigenvalue weighted by molar-refractivity contribution is 6.06. The van der Waals surface area contributed by atoms with E-state index in [1.807, 2.05) is 38.2 Å². The molecule has 3 nitrogen and oxygen atoms in total. The molecular formula is C13H15N3. The first-order valence-electron chi connectivity index (χ1n) is 5.27. The van der Waals surface area contributed by atoms with Gasteiger partial charge < -0.3 is 10.7 Å². The second kappa shape index (κ2) is 3.93. The molecule has 0 saturated carbocycles. The molecule has 2 aromatic rings. The first-order chi connectivity index (χ1) is 7.65. The molecule has 1 aromatic carbocycles. The van der Waals surface area contributed by atoms with Crippen molar-refractivity contribution in [2.75, 3.05) is 12.4 Å². The molecule has 2 rings (SSSR count). The zero-order valence-electron chi connectivity index (χ0n) is 9.76. The van der Waals surface area contributed by atoms with E-state index in [0.29, 0.717) is 5.71 Å². The van der Waals surface area contributed by atoms with E-state index in [1.54, 1.807) is 6.92 Å². The number of pyridine rings is 1. The monoisotopic (exact) mass is 213 g/mol. The van der Waals surface area contributed by atoms with Crippen molar-refractivity contribution in [1.29, 1.82) is 5.41 Å². The maximum absolute atomic E-state index is 7.82. The summed E-state index contributed by atoms with van der Waals surface area (Å²) >= 11 is 0. The van der Waals surface area contributed by atoms with Gasteiger partial charge in [-0.05, 0) is 25.5 Å². The van der Waals surface area contributed by atoms with Gasteiger partial charge in [-0.15, -0.1) is 0 Å². The van der Waals surface area contributed by atoms with Crippen LogP contribution in [0.15, 0.2) is 24.3 Å². The van der Waals surface area contributed by atoms with Crippen molar-refractivity contribution in [3.8, 4) is 0 Å². The molecule has 0 fully saturated rings. The summed E-state index contributed by atoms with van der Waals surface area (Å²) in [6.45, 7) is 3.83. The van der Waals surface area contributed by atoms with E-state index in [1.165, 1.54) is 0 Å². The summed E-state index contributed by atoms with van der Waals surface area (Å²) in [5.74, 6) is 0.781. The van der Waals surface area contributed by atoms with Gasteiger partial charge in [0.05, 0.1) is 5.52 Å². The van der Waals surface area contributed by atoms with Crippen LogP contribution in [0.4, 0.5) is 5.82 Å². The van der Waals surface area contributed by atoms with Crippen LogP contribution >= 0.6 is 0 Å². The number of fused-ring (bicyclic) bond motifs is 1. The minimum absolute atomic E-state index is 0.542. The minimum Gasteiger partial charge on any atom is -0.373 e. The lowest BCUT2D eigenvalue weighted by atomic mass is 10.0. The Labute approximate surface area is 95.0 Å². The molecule has 0 unspecified atom stereocenters. The third kappa shape index (κ3) is 1.54. The van der Waals surface area contributed by atoms with Gasteiger partial charge in [-0.3, -0.25) is 0 Å². The van der Waals surface area contributed by atoms with Crippen molar-refractivity contribution in [1.82, 2.24) is 4.98 Å². The van der Waals surface area contributed by atoms with Crippen molar-refractivity contribution in [2.24, 2.45) is 0 Å². The fourth-order valence-electron chi connectivity index (χ4n) is 2.02. The molecule has 82 valence electrons. The largest absolute Gasteiger partial charge is 0.373 e. The Morgan fingerprint density at radius 3 is 2.62 bits per heavy atom. The summed E-state index contributed by atoms with van der Waals surface area (Å²) in [5.41, 5.74) is 3.53. The summed E-state index contributed by atoms with van der Waals surface area (Å²) in [7, 11) is 1.84. The van der Waals surface area contributed by atoms with E-state index in [2.05, 4.69) is 10.3 Å². The molecule has 0 radical (unpaired) electrons. The molecule has 0 aliphatic carbocycles. The number of anilines is 1. The van der Waals surface area contributed by atoms with Gasteiger partial charge in [0.15, 0.2) is 0 Å². The van der Waals surface area contributed by atoms with Crippen LogP contribution in [-0.2, 0) is 0 Å². The smallest absolute Gasteiger partial charge is 0.135 e. The molecule has 1 heterocycles. The molecule has 0 atom stereocenters. The molecule has 0 amide bonds. The number of nitrogens with one attached hydrogen (secondary N) is 2. The topological polar surface area (TPSA) is 48.8 Å². The van der Waals surface area contributed by atoms with E-state index in [4.69, 9.17) is 5.41 Å². The van der Waals surface area contributed by atoms with E-state index >= 15 is 0 Å². The van der Waals surface area contributed by atoms with Crippen LogP contribution in [0.25, 0.3) is 10.9 Å². The highest BCUT2D eigenvalue weighted by Crippen LogP contribution is 2.25. The number of nitrogens with zero attached hydrogens (tertiary/aromatic N) is 1. The van der Waals surface area contributed by atoms with Gasteiger partial charge in [0.1, 0.15) is 5.82 Å². The second-order valence-corrected chi connectivity index (χ2v) is 3.85. The van der Waals surface area contributed by atoms with Crippen molar-refractivity contribution in [2.45, 2.75) is 13.8 Å². The maximum atomic E-state index is 7.82. The summed E-state index contributed by atoms with van der Waals surface area (Å²) in [6.07, 6.45) is 0. The van der Waals surface area contributed by atoms with Crippen LogP contribution in [0.2, 0.25) is 0 Å². The van der Waals surface area contributed by atoms with Crippen LogP contribution in [0.5, 0.6) is 0 Å². The van der Waals surface area contributed by atoms with Gasteiger partial charge in [0.25, 0.3) is 0 Å². The van der Waals surface area contributed by atoms with Gasteiger partial charge in [-0.25, -0.2) is 4.98 Å². The van der Waals surface area contributed by atoms with Gasteiger partial charge in [-0.1, -0.05) is 18.2 Å². The summed E-state index contributed by atoms with van der Waals surface area (Å²) in [5, 5.41) is 12.0. The lowest BCUT2D eigenvalue weighted by Crippen LogP contribution is -2.06. The average Bonchev–Trinajstić information content (AvgIpc) is 2.28. The first kappa shape index (κ1) is 10.6. The predicted molar refractivity (Wildman–Crippen MR) is 68.5 cm³/mol. The fourth-order valence-corrected chi connectivity index (χ4v) is 2.02. The molecule has 3 heteroatoms. The van der Waals surface area contributed by atoms with Gasteiger partial charge in [-0.2, -0.15) is 0 Å². The van der Waals surface area contributed by atoms with E-state index in [9.17, 15) is 0 Å². The highest BCUT2D eigenvalue weighted by atomic mass is 15.0. The molecular weight excluding hydrogens is 198 g/mol. The lowest BCUT2D eigenvalue weighted by Gasteiger charge is -2.13. The van der Waals surface area contributed by atoms with Gasteiger partial charge >= 0.3 is 0 Å². The number of aryl methyl sites for hydroxylation is 1. The van der Waals surface area contributed by atoms with E-state index in [-0.39, 0.29) is 0 Å². The van der Waals surface area contributed by atoms with Crippen LogP contribution in [0, 0.1) is 12.3 Å². The molecule has 16 heavy (non-hydrogen) atoms. The highest BCUT2D eigenvalue weighted by Gasteiger charge is 2.12. The van der Waals surface area contributed by atoms with E-state index in [0.717, 1.165) is 27.8 Å². The van der Waals surface area contributed by atoms with Crippen molar-refractivity contribution < 1.29 is 0 Å². The Morgan fingerprint density at radius 2 is 2.00 bits per heavy atom. The zero-order chi connectivity index (χ0) is 11.7. The summed E-state index contributed by atoms with van der Waals surface area (Å²) < 4.78 is 0. The van der Waals surface area contributed by atoms with Crippen molar-refractivity contribution >= 4 is 22.4 Å². The van der Waals surface area contributed by atoms with Gasteiger partial charge in [0, 0.05) is 23.7 Å². The Morgan fingerprint density at radius 1 is 1.31 bits per heavy atom. The molecule has 0 bridgehead atoms. The number of para-hydroxylation sites is 1. The molecule has 1 aromatic heterocycles. The standard InChI is InChI=1S/C13H15N3/c1-8-10-6-4-5-7-11(10)16-13(15-3)12(8)9(2)14/h4-7,14H,1-3H3,(H,15,16). The normalized spacial score (nSPS) is 10.4. The Kier molecular flexibility index (Phi) is 2.60. The predicted octanol–water partition coefficient (Wildman–Crippen LogP) is 2.97. The Hall–Kier alpha value is -1.90. The summed E-state index contributed by atoms with van der Waals surface area (Å²) in [6, 6.07) is 8.01. The van der Waals surface area contributed by atoms with Crippen LogP contribution < -0.4 is 5.32 Å². The Bertz CT molecular complexity index is 558. The number of hydrogen-bond acceptors (Lipinski definition) is 3. The molecule has 0 aliphatic rings. The zero-order valence-corrected chi connectivity index (χ0v) is 9.76. The molecule has 0 saturated heterocycles. The van der Waals surface area contributed by atoms with Crippen LogP contribution in [0.3, 0.4) is 0 Å². The Balaban J connectivity index is 2.87. The van der Waals surface area contributed by atoms with Crippen molar-refractivity contribution in [3.63, 3.8) is 0 Å². The molecule has 0 spiro atoms. The quantitative estimate of drug-likeness (QED) is 0.753. The fraction of sp³-hybridized carbons (Fsp3) is 0.231. The number of benzene rings is 1. The third-order valence-corrected chi connectivity index (χ3v) is 2.76. The van der Waals surface area contributed by atoms with E-state index < -0.39 is 0 Å². The maximum Gasteiger partial charge on any atom is 0.135 e. The number of rotatable bonds is 2. The lowest BCUT2D eigenvalue weighted by molar-refractivity contribution is 1.29. The third-order valence-electron chi connectivity index (χ3n) is 2.76. The van der Waals surface area contributed by atoms with Gasteiger partial charge in [0.2, 0.25) is 0 Å². The molecule has 0 aliphatic heterocycles. The van der Waals surface area contributed by atoms with Crippen LogP contribution in [-0.4, -0.2) is 17.7 Å². The second-order valence-electron chi connectivity index (χ2n) is 3.85. The SMILES string of the molecule is CNc1nc2ccccc2c(C)c1C(C)=N. The first-order valence-corrected chi connectivity index (χ1v) is 5.27. The number of hydrogen-bond donors (Lipinski definition) is 2. The number of aromatic nitrogens is 1. The minimum atomic E-state index is 0.542.